The van der Waals surface area contributed by atoms with Crippen molar-refractivity contribution in [3.63, 3.8) is 0 Å². The highest BCUT2D eigenvalue weighted by molar-refractivity contribution is 6.34. The van der Waals surface area contributed by atoms with E-state index in [-0.39, 0.29) is 33.8 Å². The highest BCUT2D eigenvalue weighted by Crippen LogP contribution is 2.48. The summed E-state index contributed by atoms with van der Waals surface area (Å²) in [4.78, 5) is 22.1. The number of benzene rings is 2. The molecular weight excluding hydrogens is 502 g/mol. The number of nitrogens with one attached hydrogen (secondary N) is 2. The molecule has 1 aromatic heterocycles. The lowest BCUT2D eigenvalue weighted by Gasteiger charge is -2.28. The van der Waals surface area contributed by atoms with Crippen molar-refractivity contribution >= 4 is 34.8 Å². The predicted molar refractivity (Wildman–Crippen MR) is 128 cm³/mol. The average molecular weight is 522 g/mol. The molecule has 35 heavy (non-hydrogen) atoms. The van der Waals surface area contributed by atoms with Crippen LogP contribution in [0.15, 0.2) is 66.9 Å². The number of amides is 1. The zero-order valence-electron chi connectivity index (χ0n) is 18.4. The average Bonchev–Trinajstić information content (AvgIpc) is 3.29. The van der Waals surface area contributed by atoms with Crippen LogP contribution in [0.3, 0.4) is 0 Å². The number of hydroxylamine groups is 1. The third-order valence-corrected chi connectivity index (χ3v) is 6.02. The fraction of sp³-hybridized carbons (Fsp3) is 0.200. The Hall–Kier alpha value is -3.07. The van der Waals surface area contributed by atoms with Crippen LogP contribution in [0.25, 0.3) is 5.70 Å². The summed E-state index contributed by atoms with van der Waals surface area (Å²) in [5, 5.41) is 2.92. The first-order chi connectivity index (χ1) is 16.6. The zero-order chi connectivity index (χ0) is 25.2. The quantitative estimate of drug-likeness (QED) is 0.404. The first kappa shape index (κ1) is 25.0. The maximum atomic E-state index is 14.2. The SMILES string of the molecule is CCc1cc(C2=CC(c3cc(Cl)cc(Cl)c3)(C(F)(F)F)ON2)ccc1C(=O)NCc1ccccn1. The number of aromatic nitrogens is 1. The summed E-state index contributed by atoms with van der Waals surface area (Å²) in [6, 6.07) is 13.9. The first-order valence-corrected chi connectivity index (χ1v) is 11.4. The molecule has 182 valence electrons. The van der Waals surface area contributed by atoms with Crippen molar-refractivity contribution in [2.45, 2.75) is 31.7 Å². The molecule has 2 N–H and O–H groups in total. The largest absolute Gasteiger partial charge is 0.428 e. The Labute approximate surface area is 209 Å². The summed E-state index contributed by atoms with van der Waals surface area (Å²) in [6.45, 7) is 2.11. The van der Waals surface area contributed by atoms with Gasteiger partial charge in [0.05, 0.1) is 17.9 Å². The third kappa shape index (κ3) is 5.15. The second kappa shape index (κ2) is 9.89. The Morgan fingerprint density at radius 1 is 1.11 bits per heavy atom. The number of carbonyl (C=O) groups is 1. The lowest BCUT2D eigenvalue weighted by Crippen LogP contribution is -2.42. The number of carbonyl (C=O) groups excluding carboxylic acids is 1. The highest BCUT2D eigenvalue weighted by atomic mass is 35.5. The van der Waals surface area contributed by atoms with E-state index in [4.69, 9.17) is 28.0 Å². The first-order valence-electron chi connectivity index (χ1n) is 10.6. The van der Waals surface area contributed by atoms with E-state index < -0.39 is 11.8 Å². The Morgan fingerprint density at radius 2 is 1.86 bits per heavy atom. The predicted octanol–water partition coefficient (Wildman–Crippen LogP) is 6.21. The molecule has 1 amide bonds. The van der Waals surface area contributed by atoms with Gasteiger partial charge in [0.25, 0.3) is 5.91 Å². The topological polar surface area (TPSA) is 63.2 Å². The van der Waals surface area contributed by atoms with E-state index >= 15 is 0 Å². The number of pyridine rings is 1. The van der Waals surface area contributed by atoms with E-state index in [1.54, 1.807) is 36.5 Å². The second-order valence-electron chi connectivity index (χ2n) is 7.88. The molecule has 1 atom stereocenters. The number of halogens is 5. The molecule has 10 heteroatoms. The summed E-state index contributed by atoms with van der Waals surface area (Å²) in [5.74, 6) is -0.304. The van der Waals surface area contributed by atoms with E-state index in [1.165, 1.54) is 6.07 Å². The molecule has 0 radical (unpaired) electrons. The van der Waals surface area contributed by atoms with Gasteiger partial charge >= 0.3 is 6.18 Å². The Bertz CT molecular complexity index is 1260. The van der Waals surface area contributed by atoms with Crippen LogP contribution >= 0.6 is 23.2 Å². The fourth-order valence-corrected chi connectivity index (χ4v) is 4.32. The van der Waals surface area contributed by atoms with Crippen LogP contribution in [0.2, 0.25) is 10.0 Å². The van der Waals surface area contributed by atoms with Gasteiger partial charge in [-0.2, -0.15) is 13.2 Å². The minimum absolute atomic E-state index is 0.0518. The smallest absolute Gasteiger partial charge is 0.346 e. The molecule has 4 rings (SSSR count). The highest BCUT2D eigenvalue weighted by Gasteiger charge is 2.59. The normalized spacial score (nSPS) is 17.6. The van der Waals surface area contributed by atoms with E-state index in [9.17, 15) is 18.0 Å². The zero-order valence-corrected chi connectivity index (χ0v) is 19.9. The van der Waals surface area contributed by atoms with Crippen LogP contribution in [0, 0.1) is 0 Å². The van der Waals surface area contributed by atoms with Crippen molar-refractivity contribution in [1.29, 1.82) is 0 Å². The van der Waals surface area contributed by atoms with Crippen molar-refractivity contribution in [2.75, 3.05) is 0 Å². The summed E-state index contributed by atoms with van der Waals surface area (Å²) >= 11 is 11.9. The minimum Gasteiger partial charge on any atom is -0.346 e. The van der Waals surface area contributed by atoms with Gasteiger partial charge < -0.3 is 5.32 Å². The molecule has 2 aromatic carbocycles. The van der Waals surface area contributed by atoms with E-state index in [0.717, 1.165) is 18.2 Å². The van der Waals surface area contributed by atoms with Crippen molar-refractivity contribution in [3.05, 3.63) is 105 Å². The van der Waals surface area contributed by atoms with Gasteiger partial charge in [0.1, 0.15) is 0 Å². The number of nitrogens with zero attached hydrogens (tertiary/aromatic N) is 1. The number of aryl methyl sites for hydroxylation is 1. The molecule has 0 spiro atoms. The third-order valence-electron chi connectivity index (χ3n) is 5.58. The Kier molecular flexibility index (Phi) is 7.07. The molecule has 1 aliphatic heterocycles. The fourth-order valence-electron chi connectivity index (χ4n) is 3.80. The summed E-state index contributed by atoms with van der Waals surface area (Å²) in [5.41, 5.74) is 1.69. The van der Waals surface area contributed by atoms with E-state index in [2.05, 4.69) is 15.8 Å². The molecule has 1 aliphatic rings. The lowest BCUT2D eigenvalue weighted by atomic mass is 9.91. The van der Waals surface area contributed by atoms with E-state index in [1.807, 2.05) is 13.0 Å². The Morgan fingerprint density at radius 3 is 2.49 bits per heavy atom. The molecular formula is C25H20Cl2F3N3O2. The van der Waals surface area contributed by atoms with Gasteiger partial charge in [0.15, 0.2) is 0 Å². The molecule has 0 saturated heterocycles. The van der Waals surface area contributed by atoms with Gasteiger partial charge in [-0.05, 0) is 60.5 Å². The molecule has 0 saturated carbocycles. The number of hydrogen-bond acceptors (Lipinski definition) is 4. The Balaban J connectivity index is 1.65. The van der Waals surface area contributed by atoms with Gasteiger partial charge in [-0.15, -0.1) is 0 Å². The molecule has 0 aliphatic carbocycles. The van der Waals surface area contributed by atoms with Crippen molar-refractivity contribution < 1.29 is 22.8 Å². The van der Waals surface area contributed by atoms with Crippen molar-refractivity contribution in [1.82, 2.24) is 15.8 Å². The standard InChI is InChI=1S/C25H20Cl2F3N3O2/c1-2-15-9-16(6-7-21(15)23(34)32-14-20-5-3-4-8-31-20)22-13-24(35-33-22,25(28,29)30)17-10-18(26)12-19(27)11-17/h3-13,33H,2,14H2,1H3,(H,32,34). The monoisotopic (exact) mass is 521 g/mol. The molecule has 0 fully saturated rings. The molecule has 5 nitrogen and oxygen atoms in total. The molecule has 2 heterocycles. The van der Waals surface area contributed by atoms with Gasteiger partial charge in [0.2, 0.25) is 5.60 Å². The lowest BCUT2D eigenvalue weighted by molar-refractivity contribution is -0.269. The van der Waals surface area contributed by atoms with Crippen LogP contribution < -0.4 is 10.8 Å². The second-order valence-corrected chi connectivity index (χ2v) is 8.76. The van der Waals surface area contributed by atoms with Gasteiger partial charge in [-0.25, -0.2) is 0 Å². The van der Waals surface area contributed by atoms with Crippen LogP contribution in [-0.2, 0) is 23.4 Å². The van der Waals surface area contributed by atoms with E-state index in [0.29, 0.717) is 28.8 Å². The van der Waals surface area contributed by atoms with Crippen LogP contribution in [-0.4, -0.2) is 17.1 Å². The summed E-state index contributed by atoms with van der Waals surface area (Å²) in [7, 11) is 0. The number of alkyl halides is 3. The summed E-state index contributed by atoms with van der Waals surface area (Å²) < 4.78 is 42.7. The van der Waals surface area contributed by atoms with Crippen LogP contribution in [0.5, 0.6) is 0 Å². The van der Waals surface area contributed by atoms with Gasteiger partial charge in [-0.3, -0.25) is 20.1 Å². The van der Waals surface area contributed by atoms with Crippen molar-refractivity contribution in [2.24, 2.45) is 0 Å². The van der Waals surface area contributed by atoms with Gasteiger partial charge in [0, 0.05) is 32.9 Å². The number of hydrogen-bond donors (Lipinski definition) is 2. The summed E-state index contributed by atoms with van der Waals surface area (Å²) in [6.07, 6.45) is -1.74. The molecule has 3 aromatic rings. The van der Waals surface area contributed by atoms with Crippen LogP contribution in [0.4, 0.5) is 13.2 Å². The maximum absolute atomic E-state index is 14.2. The maximum Gasteiger partial charge on any atom is 0.428 e. The van der Waals surface area contributed by atoms with Crippen molar-refractivity contribution in [3.8, 4) is 0 Å². The number of rotatable bonds is 6. The minimum atomic E-state index is -4.81. The van der Waals surface area contributed by atoms with Gasteiger partial charge in [-0.1, -0.05) is 42.3 Å². The molecule has 0 bridgehead atoms. The van der Waals surface area contributed by atoms with Crippen LogP contribution in [0.1, 0.15) is 39.7 Å². The molecule has 1 unspecified atom stereocenters.